The lowest BCUT2D eigenvalue weighted by atomic mass is 9.85. The number of H-pyrrole nitrogens is 1. The summed E-state index contributed by atoms with van der Waals surface area (Å²) in [5.74, 6) is -1.84. The second-order valence-corrected chi connectivity index (χ2v) is 12.2. The van der Waals surface area contributed by atoms with Gasteiger partial charge in [-0.25, -0.2) is 4.98 Å². The molecule has 0 spiro atoms. The fourth-order valence-corrected chi connectivity index (χ4v) is 7.52. The molecule has 0 bridgehead atoms. The Labute approximate surface area is 237 Å². The molecule has 2 aliphatic carbocycles. The highest BCUT2D eigenvalue weighted by molar-refractivity contribution is 5.96. The summed E-state index contributed by atoms with van der Waals surface area (Å²) < 4.78 is 31.9. The molecule has 3 unspecified atom stereocenters. The Kier molecular flexibility index (Phi) is 5.80. The normalized spacial score (nSPS) is 26.1. The maximum atomic E-state index is 15.9. The molecule has 210 valence electrons. The Hall–Kier alpha value is -3.62. The van der Waals surface area contributed by atoms with Crippen LogP contribution in [0.5, 0.6) is 0 Å². The first kappa shape index (κ1) is 25.1. The first-order valence-electron chi connectivity index (χ1n) is 14.9. The molecule has 8 rings (SSSR count). The topological polar surface area (TPSA) is 81.8 Å². The van der Waals surface area contributed by atoms with Crippen molar-refractivity contribution in [3.8, 4) is 22.3 Å². The van der Waals surface area contributed by atoms with E-state index in [0.29, 0.717) is 28.8 Å². The van der Waals surface area contributed by atoms with E-state index in [0.717, 1.165) is 66.6 Å². The lowest BCUT2D eigenvalue weighted by molar-refractivity contribution is -0.117. The number of rotatable bonds is 4. The minimum atomic E-state index is -3.17. The Balaban J connectivity index is 1.05. The van der Waals surface area contributed by atoms with E-state index >= 15 is 8.78 Å². The molecule has 8 heteroatoms. The molecule has 3 aromatic carbocycles. The minimum absolute atomic E-state index is 0.00411. The number of anilines is 1. The number of fused-ring (bicyclic) bond motifs is 5. The fourth-order valence-electron chi connectivity index (χ4n) is 7.52. The molecule has 6 nitrogen and oxygen atoms in total. The van der Waals surface area contributed by atoms with E-state index in [1.165, 1.54) is 18.9 Å². The van der Waals surface area contributed by atoms with Crippen molar-refractivity contribution in [2.24, 2.45) is 5.92 Å². The fraction of sp³-hybridized carbons (Fsp3) is 0.394. The average molecular weight is 554 g/mol. The maximum absolute atomic E-state index is 15.9. The predicted octanol–water partition coefficient (Wildman–Crippen LogP) is 6.63. The summed E-state index contributed by atoms with van der Waals surface area (Å²) in [7, 11) is 0. The van der Waals surface area contributed by atoms with E-state index in [2.05, 4.69) is 20.9 Å². The number of hydrogen-bond donors (Lipinski definition) is 4. The van der Waals surface area contributed by atoms with Gasteiger partial charge in [0.15, 0.2) is 0 Å². The van der Waals surface area contributed by atoms with Crippen LogP contribution in [0.15, 0.2) is 54.6 Å². The Morgan fingerprint density at radius 2 is 1.68 bits per heavy atom. The molecule has 4 aromatic rings. The third kappa shape index (κ3) is 4.18. The van der Waals surface area contributed by atoms with Crippen molar-refractivity contribution >= 4 is 22.6 Å². The number of halogens is 2. The summed E-state index contributed by atoms with van der Waals surface area (Å²) >= 11 is 0. The zero-order valence-electron chi connectivity index (χ0n) is 22.8. The number of nitrogens with one attached hydrogen (secondary N) is 4. The molecular formula is C33H33F2N5O. The van der Waals surface area contributed by atoms with Gasteiger partial charge in [0, 0.05) is 22.9 Å². The minimum Gasteiger partial charge on any atom is -0.341 e. The highest BCUT2D eigenvalue weighted by Gasteiger charge is 2.45. The highest BCUT2D eigenvalue weighted by atomic mass is 19.3. The molecule has 4 atom stereocenters. The number of aromatic nitrogens is 2. The maximum Gasteiger partial charge on any atom is 0.299 e. The van der Waals surface area contributed by atoms with Gasteiger partial charge in [0.2, 0.25) is 5.91 Å². The first-order chi connectivity index (χ1) is 19.9. The summed E-state index contributed by atoms with van der Waals surface area (Å²) in [5, 5.41) is 9.85. The van der Waals surface area contributed by atoms with Gasteiger partial charge in [0.25, 0.3) is 5.92 Å². The summed E-state index contributed by atoms with van der Waals surface area (Å²) in [6.45, 7) is 0.991. The van der Waals surface area contributed by atoms with Crippen LogP contribution in [0.3, 0.4) is 0 Å². The van der Waals surface area contributed by atoms with Crippen LogP contribution >= 0.6 is 0 Å². The predicted molar refractivity (Wildman–Crippen MR) is 156 cm³/mol. The third-order valence-corrected chi connectivity index (χ3v) is 9.68. The van der Waals surface area contributed by atoms with Crippen LogP contribution in [0.25, 0.3) is 33.3 Å². The number of nitrogens with zero attached hydrogens (tertiary/aromatic N) is 1. The van der Waals surface area contributed by atoms with Crippen LogP contribution in [-0.2, 0) is 10.7 Å². The number of hydrogen-bond acceptors (Lipinski definition) is 4. The van der Waals surface area contributed by atoms with Crippen molar-refractivity contribution in [1.82, 2.24) is 20.6 Å². The number of alkyl halides is 2. The van der Waals surface area contributed by atoms with Gasteiger partial charge in [-0.1, -0.05) is 37.1 Å². The van der Waals surface area contributed by atoms with Crippen LogP contribution in [0, 0.1) is 5.92 Å². The van der Waals surface area contributed by atoms with Crippen LogP contribution < -0.4 is 16.0 Å². The lowest BCUT2D eigenvalue weighted by Gasteiger charge is -2.24. The van der Waals surface area contributed by atoms with Crippen molar-refractivity contribution in [3.05, 3.63) is 71.5 Å². The van der Waals surface area contributed by atoms with E-state index < -0.39 is 5.92 Å². The molecule has 3 heterocycles. The molecule has 1 saturated carbocycles. The molecule has 2 aliphatic heterocycles. The molecule has 41 heavy (non-hydrogen) atoms. The van der Waals surface area contributed by atoms with E-state index in [1.807, 2.05) is 24.3 Å². The number of aromatic amines is 1. The zero-order valence-corrected chi connectivity index (χ0v) is 22.8. The van der Waals surface area contributed by atoms with E-state index in [-0.39, 0.29) is 29.1 Å². The molecule has 1 aromatic heterocycles. The lowest BCUT2D eigenvalue weighted by Crippen LogP contribution is -2.39. The SMILES string of the molecule is O=C(Nc1ccc2c(c1)C(F)(F)c1cc(-c3ccc4nc(C5CCCN5)[nH]c4c3)ccc1-2)C1CC2CCCC[C@@H]2N1. The monoisotopic (exact) mass is 553 g/mol. The van der Waals surface area contributed by atoms with E-state index in [1.54, 1.807) is 24.3 Å². The molecular weight excluding hydrogens is 520 g/mol. The summed E-state index contributed by atoms with van der Waals surface area (Å²) in [5.41, 5.74) is 4.76. The summed E-state index contributed by atoms with van der Waals surface area (Å²) in [6.07, 6.45) is 7.67. The number of carbonyl (C=O) groups is 1. The van der Waals surface area contributed by atoms with Crippen molar-refractivity contribution in [3.63, 3.8) is 0 Å². The Morgan fingerprint density at radius 3 is 2.51 bits per heavy atom. The zero-order chi connectivity index (χ0) is 27.7. The number of imidazole rings is 1. The van der Waals surface area contributed by atoms with E-state index in [4.69, 9.17) is 4.98 Å². The molecule has 4 N–H and O–H groups in total. The van der Waals surface area contributed by atoms with Gasteiger partial charge in [-0.15, -0.1) is 0 Å². The van der Waals surface area contributed by atoms with Gasteiger partial charge in [0.1, 0.15) is 5.82 Å². The summed E-state index contributed by atoms with van der Waals surface area (Å²) in [6, 6.07) is 16.4. The molecule has 3 fully saturated rings. The molecule has 4 aliphatic rings. The smallest absolute Gasteiger partial charge is 0.299 e. The largest absolute Gasteiger partial charge is 0.341 e. The van der Waals surface area contributed by atoms with Crippen LogP contribution in [-0.4, -0.2) is 34.5 Å². The van der Waals surface area contributed by atoms with Gasteiger partial charge >= 0.3 is 0 Å². The highest BCUT2D eigenvalue weighted by Crippen LogP contribution is 2.52. The second-order valence-electron chi connectivity index (χ2n) is 12.2. The van der Waals surface area contributed by atoms with Crippen molar-refractivity contribution in [2.45, 2.75) is 69.0 Å². The third-order valence-electron chi connectivity index (χ3n) is 9.68. The van der Waals surface area contributed by atoms with Gasteiger partial charge in [-0.2, -0.15) is 8.78 Å². The number of carbonyl (C=O) groups excluding carboxylic acids is 1. The standard InChI is InChI=1S/C33H33F2N5O/c34-33(35)24-14-18(19-8-12-27-29(15-19)40-31(39-27)28-6-3-13-36-28)7-10-22(24)23-11-9-21(17-25(23)33)37-32(41)30-16-20-4-1-2-5-26(20)38-30/h7-12,14-15,17,20,26,28,30,36,38H,1-6,13,16H2,(H,37,41)(H,39,40)/t20?,26-,28?,30?/m0/s1. The Morgan fingerprint density at radius 1 is 0.902 bits per heavy atom. The second kappa shape index (κ2) is 9.46. The summed E-state index contributed by atoms with van der Waals surface area (Å²) in [4.78, 5) is 21.2. The number of amides is 1. The van der Waals surface area contributed by atoms with Crippen molar-refractivity contribution in [2.75, 3.05) is 11.9 Å². The van der Waals surface area contributed by atoms with Crippen molar-refractivity contribution in [1.29, 1.82) is 0 Å². The van der Waals surface area contributed by atoms with Crippen LogP contribution in [0.1, 0.15) is 67.9 Å². The van der Waals surface area contributed by atoms with Gasteiger partial charge < -0.3 is 20.9 Å². The van der Waals surface area contributed by atoms with Crippen LogP contribution in [0.4, 0.5) is 14.5 Å². The van der Waals surface area contributed by atoms with Gasteiger partial charge in [-0.3, -0.25) is 4.79 Å². The van der Waals surface area contributed by atoms with E-state index in [9.17, 15) is 4.79 Å². The van der Waals surface area contributed by atoms with Crippen LogP contribution in [0.2, 0.25) is 0 Å². The average Bonchev–Trinajstić information content (AvgIpc) is 3.78. The van der Waals surface area contributed by atoms with Crippen molar-refractivity contribution < 1.29 is 13.6 Å². The quantitative estimate of drug-likeness (QED) is 0.229. The van der Waals surface area contributed by atoms with Gasteiger partial charge in [0.05, 0.1) is 23.1 Å². The Bertz CT molecular complexity index is 1660. The molecule has 0 radical (unpaired) electrons. The molecule has 1 amide bonds. The van der Waals surface area contributed by atoms with Gasteiger partial charge in [-0.05, 0) is 97.2 Å². The molecule has 2 saturated heterocycles. The first-order valence-corrected chi connectivity index (χ1v) is 14.9. The number of benzene rings is 3.